The molecule has 18 heavy (non-hydrogen) atoms. The fourth-order valence-corrected chi connectivity index (χ4v) is 2.27. The molecule has 1 fully saturated rings. The van der Waals surface area contributed by atoms with Gasteiger partial charge in [0.15, 0.2) is 0 Å². The predicted molar refractivity (Wildman–Crippen MR) is 74.4 cm³/mol. The maximum absolute atomic E-state index is 5.70. The monoisotopic (exact) mass is 243 g/mol. The summed E-state index contributed by atoms with van der Waals surface area (Å²) in [5.74, 6) is 6.34. The van der Waals surface area contributed by atoms with E-state index in [1.807, 2.05) is 30.3 Å². The Hall–Kier alpha value is -1.30. The fraction of sp³-hybridized carbons (Fsp3) is 0.500. The molecule has 1 N–H and O–H groups in total. The number of ether oxygens (including phenoxy) is 1. The smallest absolute Gasteiger partial charge is 0.0641 e. The summed E-state index contributed by atoms with van der Waals surface area (Å²) in [6.45, 7) is 5.89. The third kappa shape index (κ3) is 4.18. The highest BCUT2D eigenvalue weighted by molar-refractivity contribution is 5.33. The first-order chi connectivity index (χ1) is 8.66. The summed E-state index contributed by atoms with van der Waals surface area (Å²) in [7, 11) is 0. The molecule has 1 unspecified atom stereocenters. The van der Waals surface area contributed by atoms with Crippen molar-refractivity contribution in [1.29, 1.82) is 0 Å². The zero-order valence-electron chi connectivity index (χ0n) is 11.2. The highest BCUT2D eigenvalue weighted by Crippen LogP contribution is 2.23. The second-order valence-corrected chi connectivity index (χ2v) is 5.35. The second-order valence-electron chi connectivity index (χ2n) is 5.35. The highest BCUT2D eigenvalue weighted by Gasteiger charge is 2.27. The van der Waals surface area contributed by atoms with Crippen LogP contribution in [0.4, 0.5) is 0 Å². The molecule has 0 radical (unpaired) electrons. The number of benzene rings is 1. The van der Waals surface area contributed by atoms with Gasteiger partial charge in [0, 0.05) is 18.2 Å². The molecule has 1 aliphatic rings. The van der Waals surface area contributed by atoms with Crippen molar-refractivity contribution in [3.05, 3.63) is 35.9 Å². The third-order valence-electron chi connectivity index (χ3n) is 3.18. The molecule has 1 saturated heterocycles. The van der Waals surface area contributed by atoms with Crippen LogP contribution in [0.1, 0.15) is 32.3 Å². The zero-order valence-corrected chi connectivity index (χ0v) is 11.2. The molecule has 0 spiro atoms. The van der Waals surface area contributed by atoms with Gasteiger partial charge in [0.1, 0.15) is 0 Å². The van der Waals surface area contributed by atoms with Crippen LogP contribution in [-0.4, -0.2) is 24.8 Å². The molecular formula is C16H21NO. The highest BCUT2D eigenvalue weighted by atomic mass is 16.5. The second kappa shape index (κ2) is 6.04. The first kappa shape index (κ1) is 13.1. The summed E-state index contributed by atoms with van der Waals surface area (Å²) in [5, 5.41) is 3.49. The van der Waals surface area contributed by atoms with Crippen LogP contribution in [-0.2, 0) is 4.74 Å². The minimum absolute atomic E-state index is 0.00275. The van der Waals surface area contributed by atoms with Crippen molar-refractivity contribution in [1.82, 2.24) is 5.32 Å². The normalized spacial score (nSPS) is 22.0. The van der Waals surface area contributed by atoms with E-state index in [2.05, 4.69) is 31.0 Å². The molecule has 1 aromatic rings. The minimum Gasteiger partial charge on any atom is -0.375 e. The van der Waals surface area contributed by atoms with Crippen LogP contribution in [0.3, 0.4) is 0 Å². The van der Waals surface area contributed by atoms with E-state index < -0.39 is 0 Å². The Labute approximate surface area is 110 Å². The van der Waals surface area contributed by atoms with Gasteiger partial charge in [-0.05, 0) is 38.8 Å². The van der Waals surface area contributed by atoms with Gasteiger partial charge in [0.05, 0.1) is 12.1 Å². The van der Waals surface area contributed by atoms with Crippen molar-refractivity contribution in [2.45, 2.75) is 38.3 Å². The lowest BCUT2D eigenvalue weighted by molar-refractivity contribution is -0.0623. The number of rotatable bonds is 2. The van der Waals surface area contributed by atoms with Gasteiger partial charge in [0.2, 0.25) is 0 Å². The van der Waals surface area contributed by atoms with Crippen molar-refractivity contribution in [3.63, 3.8) is 0 Å². The molecule has 1 aliphatic heterocycles. The van der Waals surface area contributed by atoms with Crippen LogP contribution in [0.15, 0.2) is 30.3 Å². The molecule has 2 heteroatoms. The van der Waals surface area contributed by atoms with E-state index in [4.69, 9.17) is 4.74 Å². The molecule has 2 rings (SSSR count). The van der Waals surface area contributed by atoms with Crippen LogP contribution >= 0.6 is 0 Å². The SMILES string of the molecule is CC1(C)CC(NCC#Cc2ccccc2)CCO1. The van der Waals surface area contributed by atoms with Crippen LogP contribution in [0.5, 0.6) is 0 Å². The summed E-state index contributed by atoms with van der Waals surface area (Å²) in [6.07, 6.45) is 2.14. The molecule has 1 aromatic carbocycles. The summed E-state index contributed by atoms with van der Waals surface area (Å²) >= 11 is 0. The first-order valence-corrected chi connectivity index (χ1v) is 6.57. The van der Waals surface area contributed by atoms with Crippen molar-refractivity contribution >= 4 is 0 Å². The molecule has 2 nitrogen and oxygen atoms in total. The van der Waals surface area contributed by atoms with Gasteiger partial charge < -0.3 is 10.1 Å². The maximum atomic E-state index is 5.70. The lowest BCUT2D eigenvalue weighted by atomic mass is 9.94. The quantitative estimate of drug-likeness (QED) is 0.806. The van der Waals surface area contributed by atoms with Crippen LogP contribution in [0.2, 0.25) is 0 Å². The Bertz CT molecular complexity index is 427. The van der Waals surface area contributed by atoms with Crippen LogP contribution in [0.25, 0.3) is 0 Å². The largest absolute Gasteiger partial charge is 0.375 e. The average Bonchev–Trinajstić information content (AvgIpc) is 2.35. The van der Waals surface area contributed by atoms with E-state index in [0.717, 1.165) is 31.6 Å². The molecule has 0 saturated carbocycles. The Morgan fingerprint density at radius 3 is 2.83 bits per heavy atom. The first-order valence-electron chi connectivity index (χ1n) is 6.57. The van der Waals surface area contributed by atoms with Crippen molar-refractivity contribution < 1.29 is 4.74 Å². The molecule has 1 atom stereocenters. The van der Waals surface area contributed by atoms with E-state index in [0.29, 0.717) is 6.04 Å². The molecule has 96 valence electrons. The maximum Gasteiger partial charge on any atom is 0.0641 e. The van der Waals surface area contributed by atoms with Crippen LogP contribution < -0.4 is 5.32 Å². The van der Waals surface area contributed by atoms with Gasteiger partial charge in [-0.2, -0.15) is 0 Å². The zero-order chi connectivity index (χ0) is 12.8. The Kier molecular flexibility index (Phi) is 4.41. The molecule has 0 aromatic heterocycles. The average molecular weight is 243 g/mol. The lowest BCUT2D eigenvalue weighted by Gasteiger charge is -2.35. The summed E-state index contributed by atoms with van der Waals surface area (Å²) in [4.78, 5) is 0. The van der Waals surface area contributed by atoms with Gasteiger partial charge in [-0.15, -0.1) is 0 Å². The molecule has 1 heterocycles. The van der Waals surface area contributed by atoms with E-state index in [1.165, 1.54) is 0 Å². The van der Waals surface area contributed by atoms with Gasteiger partial charge in [-0.3, -0.25) is 0 Å². The molecule has 0 aliphatic carbocycles. The van der Waals surface area contributed by atoms with Gasteiger partial charge in [-0.1, -0.05) is 30.0 Å². The molecule has 0 amide bonds. The van der Waals surface area contributed by atoms with Crippen LogP contribution in [0, 0.1) is 11.8 Å². The number of hydrogen-bond acceptors (Lipinski definition) is 2. The van der Waals surface area contributed by atoms with E-state index >= 15 is 0 Å². The standard InChI is InChI=1S/C16H21NO/c1-16(2)13-15(10-12-18-16)17-11-6-9-14-7-4-3-5-8-14/h3-5,7-8,15,17H,10-13H2,1-2H3. The Balaban J connectivity index is 1.77. The lowest BCUT2D eigenvalue weighted by Crippen LogP contribution is -2.43. The van der Waals surface area contributed by atoms with E-state index in [1.54, 1.807) is 0 Å². The summed E-state index contributed by atoms with van der Waals surface area (Å²) < 4.78 is 5.70. The molecular weight excluding hydrogens is 222 g/mol. The summed E-state index contributed by atoms with van der Waals surface area (Å²) in [5.41, 5.74) is 1.08. The van der Waals surface area contributed by atoms with E-state index in [-0.39, 0.29) is 5.60 Å². The van der Waals surface area contributed by atoms with Crippen molar-refractivity contribution in [2.24, 2.45) is 0 Å². The van der Waals surface area contributed by atoms with E-state index in [9.17, 15) is 0 Å². The van der Waals surface area contributed by atoms with Crippen molar-refractivity contribution in [3.8, 4) is 11.8 Å². The molecule has 0 bridgehead atoms. The van der Waals surface area contributed by atoms with Crippen molar-refractivity contribution in [2.75, 3.05) is 13.2 Å². The number of nitrogens with one attached hydrogen (secondary N) is 1. The van der Waals surface area contributed by atoms with Gasteiger partial charge in [0.25, 0.3) is 0 Å². The van der Waals surface area contributed by atoms with Gasteiger partial charge >= 0.3 is 0 Å². The number of hydrogen-bond donors (Lipinski definition) is 1. The Morgan fingerprint density at radius 2 is 2.11 bits per heavy atom. The topological polar surface area (TPSA) is 21.3 Å². The minimum atomic E-state index is 0.00275. The third-order valence-corrected chi connectivity index (χ3v) is 3.18. The summed E-state index contributed by atoms with van der Waals surface area (Å²) in [6, 6.07) is 10.6. The van der Waals surface area contributed by atoms with Gasteiger partial charge in [-0.25, -0.2) is 0 Å². The Morgan fingerprint density at radius 1 is 1.33 bits per heavy atom. The predicted octanol–water partition coefficient (Wildman–Crippen LogP) is 2.59. The fourth-order valence-electron chi connectivity index (χ4n) is 2.27.